The van der Waals surface area contributed by atoms with Crippen molar-refractivity contribution < 1.29 is 4.74 Å². The fourth-order valence-corrected chi connectivity index (χ4v) is 1.95. The number of nitrogens with zero attached hydrogens (tertiary/aromatic N) is 3. The number of hydrogen-bond donors (Lipinski definition) is 0. The van der Waals surface area contributed by atoms with Gasteiger partial charge in [0.25, 0.3) is 5.88 Å². The zero-order chi connectivity index (χ0) is 12.6. The molecule has 0 aromatic carbocycles. The fourth-order valence-electron chi connectivity index (χ4n) is 1.44. The summed E-state index contributed by atoms with van der Waals surface area (Å²) >= 11 is 1.14. The van der Waals surface area contributed by atoms with E-state index in [9.17, 15) is 0 Å². The van der Waals surface area contributed by atoms with Crippen molar-refractivity contribution in [2.24, 2.45) is 0 Å². The molecule has 5 heteroatoms. The molecule has 2 rings (SSSR count). The highest BCUT2D eigenvalue weighted by Gasteiger charge is 2.10. The maximum Gasteiger partial charge on any atom is 0.258 e. The third kappa shape index (κ3) is 3.37. The first-order valence-corrected chi connectivity index (χ1v) is 6.69. The summed E-state index contributed by atoms with van der Waals surface area (Å²) in [7, 11) is 0. The second kappa shape index (κ2) is 6.86. The lowest BCUT2D eigenvalue weighted by Crippen LogP contribution is -1.87. The van der Waals surface area contributed by atoms with Crippen LogP contribution >= 0.6 is 11.7 Å². The zero-order valence-corrected chi connectivity index (χ0v) is 11.1. The van der Waals surface area contributed by atoms with E-state index in [1.807, 2.05) is 18.2 Å². The van der Waals surface area contributed by atoms with Crippen LogP contribution < -0.4 is 4.74 Å². The summed E-state index contributed by atoms with van der Waals surface area (Å²) in [5, 5.41) is 0. The average Bonchev–Trinajstić information content (AvgIpc) is 2.88. The molecule has 0 unspecified atom stereocenters. The Morgan fingerprint density at radius 2 is 2.33 bits per heavy atom. The Hall–Kier alpha value is -1.75. The molecule has 0 atom stereocenters. The van der Waals surface area contributed by atoms with Crippen LogP contribution in [0.3, 0.4) is 0 Å². The van der Waals surface area contributed by atoms with Gasteiger partial charge < -0.3 is 4.74 Å². The molecule has 0 saturated carbocycles. The zero-order valence-electron chi connectivity index (χ0n) is 10.2. The second-order valence-corrected chi connectivity index (χ2v) is 4.32. The molecule has 0 fully saturated rings. The molecule has 18 heavy (non-hydrogen) atoms. The van der Waals surface area contributed by atoms with Crippen LogP contribution in [0.4, 0.5) is 0 Å². The SMILES string of the molecule is CCCCC=COc1nsnc1-c1cccnc1. The number of pyridine rings is 1. The fraction of sp³-hybridized carbons (Fsp3) is 0.308. The van der Waals surface area contributed by atoms with E-state index < -0.39 is 0 Å². The maximum atomic E-state index is 5.51. The Kier molecular flexibility index (Phi) is 4.84. The molecule has 0 aliphatic heterocycles. The van der Waals surface area contributed by atoms with Crippen molar-refractivity contribution in [1.82, 2.24) is 13.7 Å². The van der Waals surface area contributed by atoms with E-state index in [0.717, 1.165) is 29.4 Å². The minimum Gasteiger partial charge on any atom is -0.445 e. The van der Waals surface area contributed by atoms with Crippen LogP contribution in [-0.2, 0) is 0 Å². The summed E-state index contributed by atoms with van der Waals surface area (Å²) in [5.74, 6) is 0.542. The van der Waals surface area contributed by atoms with Gasteiger partial charge in [0.2, 0.25) is 0 Å². The molecule has 2 aromatic heterocycles. The summed E-state index contributed by atoms with van der Waals surface area (Å²) in [4.78, 5) is 4.07. The molecule has 0 aliphatic rings. The Balaban J connectivity index is 2.02. The van der Waals surface area contributed by atoms with Gasteiger partial charge in [0.1, 0.15) is 5.69 Å². The number of ether oxygens (including phenoxy) is 1. The summed E-state index contributed by atoms with van der Waals surface area (Å²) < 4.78 is 13.9. The third-order valence-electron chi connectivity index (χ3n) is 2.39. The molecule has 4 nitrogen and oxygen atoms in total. The minimum absolute atomic E-state index is 0.542. The van der Waals surface area contributed by atoms with E-state index >= 15 is 0 Å². The lowest BCUT2D eigenvalue weighted by atomic mass is 10.2. The highest BCUT2D eigenvalue weighted by atomic mass is 32.1. The molecule has 0 saturated heterocycles. The van der Waals surface area contributed by atoms with Gasteiger partial charge in [0.05, 0.1) is 18.0 Å². The maximum absolute atomic E-state index is 5.51. The lowest BCUT2D eigenvalue weighted by Gasteiger charge is -1.99. The topological polar surface area (TPSA) is 47.9 Å². The highest BCUT2D eigenvalue weighted by Crippen LogP contribution is 2.26. The Bertz CT molecular complexity index is 496. The predicted molar refractivity (Wildman–Crippen MR) is 72.4 cm³/mol. The average molecular weight is 261 g/mol. The van der Waals surface area contributed by atoms with E-state index in [4.69, 9.17) is 4.74 Å². The van der Waals surface area contributed by atoms with Crippen LogP contribution in [0.1, 0.15) is 26.2 Å². The van der Waals surface area contributed by atoms with E-state index in [1.165, 1.54) is 12.8 Å². The van der Waals surface area contributed by atoms with Crippen LogP contribution in [0.15, 0.2) is 36.9 Å². The summed E-state index contributed by atoms with van der Waals surface area (Å²) in [6, 6.07) is 3.81. The lowest BCUT2D eigenvalue weighted by molar-refractivity contribution is 0.465. The molecule has 0 amide bonds. The molecule has 0 radical (unpaired) electrons. The van der Waals surface area contributed by atoms with Gasteiger partial charge in [-0.25, -0.2) is 0 Å². The quantitative estimate of drug-likeness (QED) is 0.588. The first kappa shape index (κ1) is 12.7. The standard InChI is InChI=1S/C13H15N3OS/c1-2-3-4-5-9-17-13-12(15-18-16-13)11-7-6-8-14-10-11/h5-10H,2-4H2,1H3. The van der Waals surface area contributed by atoms with Gasteiger partial charge in [-0.05, 0) is 31.1 Å². The van der Waals surface area contributed by atoms with Crippen molar-refractivity contribution in [2.45, 2.75) is 26.2 Å². The van der Waals surface area contributed by atoms with Gasteiger partial charge in [-0.3, -0.25) is 4.98 Å². The molecule has 94 valence electrons. The monoisotopic (exact) mass is 261 g/mol. The largest absolute Gasteiger partial charge is 0.445 e. The van der Waals surface area contributed by atoms with Gasteiger partial charge in [0, 0.05) is 18.0 Å². The van der Waals surface area contributed by atoms with Gasteiger partial charge in [-0.1, -0.05) is 13.3 Å². The summed E-state index contributed by atoms with van der Waals surface area (Å²) in [6.07, 6.45) is 10.6. The Labute approximate surface area is 111 Å². The number of rotatable bonds is 6. The van der Waals surface area contributed by atoms with E-state index in [0.29, 0.717) is 5.88 Å². The number of aromatic nitrogens is 3. The highest BCUT2D eigenvalue weighted by molar-refractivity contribution is 6.99. The smallest absolute Gasteiger partial charge is 0.258 e. The van der Waals surface area contributed by atoms with Crippen molar-refractivity contribution in [2.75, 3.05) is 0 Å². The van der Waals surface area contributed by atoms with Crippen molar-refractivity contribution in [3.63, 3.8) is 0 Å². The van der Waals surface area contributed by atoms with E-state index in [2.05, 4.69) is 20.7 Å². The van der Waals surface area contributed by atoms with Gasteiger partial charge in [0.15, 0.2) is 0 Å². The molecular formula is C13H15N3OS. The Morgan fingerprint density at radius 1 is 1.39 bits per heavy atom. The second-order valence-electron chi connectivity index (χ2n) is 3.79. The van der Waals surface area contributed by atoms with Crippen molar-refractivity contribution >= 4 is 11.7 Å². The van der Waals surface area contributed by atoms with E-state index in [-0.39, 0.29) is 0 Å². The summed E-state index contributed by atoms with van der Waals surface area (Å²) in [6.45, 7) is 2.17. The third-order valence-corrected chi connectivity index (χ3v) is 2.91. The molecule has 2 heterocycles. The number of hydrogen-bond acceptors (Lipinski definition) is 5. The van der Waals surface area contributed by atoms with Crippen LogP contribution in [0.25, 0.3) is 11.3 Å². The van der Waals surface area contributed by atoms with Crippen LogP contribution in [0.5, 0.6) is 5.88 Å². The van der Waals surface area contributed by atoms with E-state index in [1.54, 1.807) is 18.7 Å². The molecule has 0 spiro atoms. The van der Waals surface area contributed by atoms with Gasteiger partial charge in [-0.15, -0.1) is 4.37 Å². The van der Waals surface area contributed by atoms with Crippen LogP contribution in [0.2, 0.25) is 0 Å². The predicted octanol–water partition coefficient (Wildman–Crippen LogP) is 3.68. The number of unbranched alkanes of at least 4 members (excludes halogenated alkanes) is 2. The van der Waals surface area contributed by atoms with Gasteiger partial charge in [-0.2, -0.15) is 4.37 Å². The van der Waals surface area contributed by atoms with Crippen LogP contribution in [0, 0.1) is 0 Å². The first-order chi connectivity index (χ1) is 8.92. The van der Waals surface area contributed by atoms with Crippen molar-refractivity contribution in [3.8, 4) is 17.1 Å². The molecule has 0 N–H and O–H groups in total. The molecular weight excluding hydrogens is 246 g/mol. The number of allylic oxidation sites excluding steroid dienone is 1. The molecule has 2 aromatic rings. The summed E-state index contributed by atoms with van der Waals surface area (Å²) in [5.41, 5.74) is 1.66. The molecule has 0 aliphatic carbocycles. The van der Waals surface area contributed by atoms with Crippen molar-refractivity contribution in [3.05, 3.63) is 36.9 Å². The van der Waals surface area contributed by atoms with Crippen LogP contribution in [-0.4, -0.2) is 13.7 Å². The first-order valence-electron chi connectivity index (χ1n) is 5.96. The Morgan fingerprint density at radius 3 is 3.11 bits per heavy atom. The minimum atomic E-state index is 0.542. The molecule has 0 bridgehead atoms. The van der Waals surface area contributed by atoms with Gasteiger partial charge >= 0.3 is 0 Å². The van der Waals surface area contributed by atoms with Crippen molar-refractivity contribution in [1.29, 1.82) is 0 Å². The normalized spacial score (nSPS) is 10.9.